The Kier molecular flexibility index (Phi) is 5.97. The molecule has 1 aliphatic rings. The van der Waals surface area contributed by atoms with Crippen LogP contribution in [0.1, 0.15) is 35.4 Å². The van der Waals surface area contributed by atoms with Crippen molar-refractivity contribution in [1.82, 2.24) is 25.2 Å². The van der Waals surface area contributed by atoms with Gasteiger partial charge in [-0.1, -0.05) is 11.3 Å². The number of nitrogens with zero attached hydrogens (tertiary/aromatic N) is 4. The molecule has 6 nitrogen and oxygen atoms in total. The zero-order valence-corrected chi connectivity index (χ0v) is 15.3. The van der Waals surface area contributed by atoms with Crippen molar-refractivity contribution in [2.24, 2.45) is 5.92 Å². The van der Waals surface area contributed by atoms with E-state index in [0.29, 0.717) is 23.7 Å². The van der Waals surface area contributed by atoms with Gasteiger partial charge < -0.3 is 10.2 Å². The van der Waals surface area contributed by atoms with Crippen LogP contribution >= 0.6 is 0 Å². The molecular formula is C18H21F4N5O. The van der Waals surface area contributed by atoms with Gasteiger partial charge in [-0.15, -0.1) is 5.10 Å². The molecule has 1 aromatic carbocycles. The number of amides is 1. The van der Waals surface area contributed by atoms with Crippen molar-refractivity contribution >= 4 is 5.91 Å². The molecule has 2 heterocycles. The van der Waals surface area contributed by atoms with E-state index in [1.54, 1.807) is 0 Å². The third-order valence-electron chi connectivity index (χ3n) is 4.90. The quantitative estimate of drug-likeness (QED) is 0.786. The monoisotopic (exact) mass is 399 g/mol. The summed E-state index contributed by atoms with van der Waals surface area (Å²) in [5, 5.41) is 10.1. The van der Waals surface area contributed by atoms with Gasteiger partial charge in [0.1, 0.15) is 5.82 Å². The molecule has 0 aliphatic carbocycles. The lowest BCUT2D eigenvalue weighted by Crippen LogP contribution is -2.40. The first-order valence-electron chi connectivity index (χ1n) is 9.04. The normalized spacial score (nSPS) is 15.8. The maximum Gasteiger partial charge on any atom is 0.435 e. The maximum absolute atomic E-state index is 13.7. The second kappa shape index (κ2) is 8.26. The summed E-state index contributed by atoms with van der Waals surface area (Å²) in [4.78, 5) is 14.1. The second-order valence-electron chi connectivity index (χ2n) is 6.80. The van der Waals surface area contributed by atoms with Crippen molar-refractivity contribution in [2.45, 2.75) is 25.4 Å². The van der Waals surface area contributed by atoms with E-state index >= 15 is 0 Å². The molecule has 28 heavy (non-hydrogen) atoms. The average molecular weight is 399 g/mol. The minimum Gasteiger partial charge on any atom is -0.337 e. The number of carbonyl (C=O) groups is 1. The zero-order chi connectivity index (χ0) is 20.3. The fourth-order valence-corrected chi connectivity index (χ4v) is 3.39. The van der Waals surface area contributed by atoms with Crippen LogP contribution < -0.4 is 5.32 Å². The Balaban J connectivity index is 1.85. The summed E-state index contributed by atoms with van der Waals surface area (Å²) in [6.45, 7) is 1.60. The van der Waals surface area contributed by atoms with Crippen LogP contribution in [0.15, 0.2) is 24.3 Å². The number of piperidine rings is 1. The molecule has 1 fully saturated rings. The summed E-state index contributed by atoms with van der Waals surface area (Å²) in [6, 6.07) is 4.56. The van der Waals surface area contributed by atoms with E-state index in [4.69, 9.17) is 0 Å². The third kappa shape index (κ3) is 4.32. The van der Waals surface area contributed by atoms with Crippen LogP contribution in [-0.2, 0) is 6.18 Å². The topological polar surface area (TPSA) is 63.1 Å². The second-order valence-corrected chi connectivity index (χ2v) is 6.80. The molecule has 0 spiro atoms. The van der Waals surface area contributed by atoms with Crippen LogP contribution in [0.25, 0.3) is 5.69 Å². The Morgan fingerprint density at radius 2 is 2.00 bits per heavy atom. The van der Waals surface area contributed by atoms with Crippen molar-refractivity contribution in [3.05, 3.63) is 41.5 Å². The smallest absolute Gasteiger partial charge is 0.337 e. The van der Waals surface area contributed by atoms with Crippen LogP contribution in [0.2, 0.25) is 0 Å². The summed E-state index contributed by atoms with van der Waals surface area (Å²) in [5.41, 5.74) is -2.20. The molecular weight excluding hydrogens is 378 g/mol. The van der Waals surface area contributed by atoms with Crippen molar-refractivity contribution in [3.8, 4) is 5.69 Å². The van der Waals surface area contributed by atoms with E-state index in [1.165, 1.54) is 17.0 Å². The molecule has 1 amide bonds. The van der Waals surface area contributed by atoms with Gasteiger partial charge in [0.25, 0.3) is 5.91 Å². The number of carbonyl (C=O) groups excluding carboxylic acids is 1. The van der Waals surface area contributed by atoms with Gasteiger partial charge in [-0.2, -0.15) is 13.2 Å². The molecule has 1 aromatic heterocycles. The zero-order valence-electron chi connectivity index (χ0n) is 15.3. The number of halogens is 4. The van der Waals surface area contributed by atoms with Crippen molar-refractivity contribution < 1.29 is 22.4 Å². The third-order valence-corrected chi connectivity index (χ3v) is 4.90. The van der Waals surface area contributed by atoms with E-state index in [2.05, 4.69) is 15.6 Å². The fourth-order valence-electron chi connectivity index (χ4n) is 3.39. The van der Waals surface area contributed by atoms with Gasteiger partial charge >= 0.3 is 6.18 Å². The summed E-state index contributed by atoms with van der Waals surface area (Å²) in [7, 11) is 1.86. The predicted molar refractivity (Wildman–Crippen MR) is 93.5 cm³/mol. The highest BCUT2D eigenvalue weighted by Gasteiger charge is 2.43. The number of nitrogens with one attached hydrogen (secondary N) is 1. The van der Waals surface area contributed by atoms with Gasteiger partial charge in [-0.3, -0.25) is 4.79 Å². The molecule has 0 radical (unpaired) electrons. The Hall–Kier alpha value is -2.49. The van der Waals surface area contributed by atoms with E-state index < -0.39 is 29.3 Å². The van der Waals surface area contributed by atoms with Crippen LogP contribution in [-0.4, -0.2) is 52.5 Å². The number of alkyl halides is 3. The molecule has 2 aromatic rings. The highest BCUT2D eigenvalue weighted by atomic mass is 19.4. The number of likely N-dealkylation sites (tertiary alicyclic amines) is 1. The number of hydrogen-bond acceptors (Lipinski definition) is 4. The first-order chi connectivity index (χ1) is 13.3. The van der Waals surface area contributed by atoms with Crippen LogP contribution in [0.4, 0.5) is 17.6 Å². The standard InChI is InChI=1S/C18H21F4N5O/c1-23-8-5-12-6-9-26(10-7-12)17(28)15-16(18(20,21)22)27(25-24-15)14-4-2-3-13(19)11-14/h2-4,11-12,23H,5-10H2,1H3. The molecule has 3 rings (SSSR count). The lowest BCUT2D eigenvalue weighted by Gasteiger charge is -2.31. The molecule has 0 atom stereocenters. The summed E-state index contributed by atoms with van der Waals surface area (Å²) >= 11 is 0. The molecule has 0 saturated carbocycles. The van der Waals surface area contributed by atoms with E-state index in [9.17, 15) is 22.4 Å². The lowest BCUT2D eigenvalue weighted by molar-refractivity contribution is -0.143. The molecule has 0 bridgehead atoms. The average Bonchev–Trinajstić information content (AvgIpc) is 3.12. The van der Waals surface area contributed by atoms with Gasteiger partial charge in [0.05, 0.1) is 5.69 Å². The SMILES string of the molecule is CNCCC1CCN(C(=O)c2nnn(-c3cccc(F)c3)c2C(F)(F)F)CC1. The van der Waals surface area contributed by atoms with Gasteiger partial charge in [0.15, 0.2) is 11.4 Å². The van der Waals surface area contributed by atoms with Gasteiger partial charge in [-0.05, 0) is 57.0 Å². The van der Waals surface area contributed by atoms with Crippen LogP contribution in [0, 0.1) is 11.7 Å². The van der Waals surface area contributed by atoms with E-state index in [-0.39, 0.29) is 5.69 Å². The number of benzene rings is 1. The van der Waals surface area contributed by atoms with Crippen molar-refractivity contribution in [3.63, 3.8) is 0 Å². The number of hydrogen-bond donors (Lipinski definition) is 1. The summed E-state index contributed by atoms with van der Waals surface area (Å²) in [5.74, 6) is -1.08. The number of aromatic nitrogens is 3. The van der Waals surface area contributed by atoms with E-state index in [0.717, 1.165) is 37.9 Å². The van der Waals surface area contributed by atoms with Gasteiger partial charge in [0.2, 0.25) is 0 Å². The molecule has 1 saturated heterocycles. The summed E-state index contributed by atoms with van der Waals surface area (Å²) in [6.07, 6.45) is -2.45. The molecule has 1 N–H and O–H groups in total. The highest BCUT2D eigenvalue weighted by molar-refractivity contribution is 5.93. The van der Waals surface area contributed by atoms with Crippen LogP contribution in [0.5, 0.6) is 0 Å². The molecule has 152 valence electrons. The lowest BCUT2D eigenvalue weighted by atomic mass is 9.93. The minimum atomic E-state index is -4.87. The highest BCUT2D eigenvalue weighted by Crippen LogP contribution is 2.34. The Morgan fingerprint density at radius 3 is 2.61 bits per heavy atom. The Labute approximate surface area is 159 Å². The van der Waals surface area contributed by atoms with E-state index in [1.807, 2.05) is 7.05 Å². The fraction of sp³-hybridized carbons (Fsp3) is 0.500. The van der Waals surface area contributed by atoms with Gasteiger partial charge in [-0.25, -0.2) is 9.07 Å². The van der Waals surface area contributed by atoms with Crippen molar-refractivity contribution in [1.29, 1.82) is 0 Å². The molecule has 0 unspecified atom stereocenters. The molecule has 10 heteroatoms. The minimum absolute atomic E-state index is 0.148. The Bertz CT molecular complexity index is 828. The number of rotatable bonds is 5. The first kappa shape index (κ1) is 20.2. The van der Waals surface area contributed by atoms with Crippen molar-refractivity contribution in [2.75, 3.05) is 26.7 Å². The van der Waals surface area contributed by atoms with Gasteiger partial charge in [0, 0.05) is 13.1 Å². The Morgan fingerprint density at radius 1 is 1.29 bits per heavy atom. The summed E-state index contributed by atoms with van der Waals surface area (Å²) < 4.78 is 55.0. The molecule has 1 aliphatic heterocycles. The maximum atomic E-state index is 13.7. The first-order valence-corrected chi connectivity index (χ1v) is 9.04. The predicted octanol–water partition coefficient (Wildman–Crippen LogP) is 2.89. The largest absolute Gasteiger partial charge is 0.435 e. The van der Waals surface area contributed by atoms with Crippen LogP contribution in [0.3, 0.4) is 0 Å².